The van der Waals surface area contributed by atoms with Crippen LogP contribution in [-0.2, 0) is 23.8 Å². The number of rotatable bonds is 0. The minimum atomic E-state index is -0.842. The number of carbonyl (C=O) groups is 2. The molecule has 6 nitrogen and oxygen atoms in total. The highest BCUT2D eigenvalue weighted by molar-refractivity contribution is 5.82. The van der Waals surface area contributed by atoms with Gasteiger partial charge in [0.25, 0.3) is 0 Å². The Bertz CT molecular complexity index is 677. The summed E-state index contributed by atoms with van der Waals surface area (Å²) in [6.07, 6.45) is 4.61. The molecule has 7 atom stereocenters. The topological polar surface area (TPSA) is 82.1 Å². The number of esters is 2. The van der Waals surface area contributed by atoms with Gasteiger partial charge in [0.2, 0.25) is 0 Å². The summed E-state index contributed by atoms with van der Waals surface area (Å²) in [4.78, 5) is 25.1. The third-order valence-corrected chi connectivity index (χ3v) is 8.54. The normalized spacial score (nSPS) is 55.7. The number of hydrogen-bond donors (Lipinski definition) is 1. The van der Waals surface area contributed by atoms with E-state index < -0.39 is 28.1 Å². The van der Waals surface area contributed by atoms with Gasteiger partial charge in [-0.25, -0.2) is 4.79 Å². The van der Waals surface area contributed by atoms with Crippen LogP contribution in [-0.4, -0.2) is 47.6 Å². The molecule has 26 heavy (non-hydrogen) atoms. The molecule has 3 saturated heterocycles. The van der Waals surface area contributed by atoms with Crippen LogP contribution in [0.25, 0.3) is 0 Å². The molecule has 0 aromatic carbocycles. The van der Waals surface area contributed by atoms with Crippen molar-refractivity contribution >= 4 is 11.9 Å². The Morgan fingerprint density at radius 3 is 2.58 bits per heavy atom. The predicted octanol–water partition coefficient (Wildman–Crippen LogP) is 1.97. The molecule has 0 aromatic heterocycles. The van der Waals surface area contributed by atoms with Crippen molar-refractivity contribution in [3.63, 3.8) is 0 Å². The van der Waals surface area contributed by atoms with E-state index >= 15 is 0 Å². The van der Waals surface area contributed by atoms with E-state index in [1.807, 2.05) is 6.92 Å². The highest BCUT2D eigenvalue weighted by atomic mass is 16.6. The summed E-state index contributed by atoms with van der Waals surface area (Å²) < 4.78 is 17.7. The second-order valence-electron chi connectivity index (χ2n) is 9.56. The van der Waals surface area contributed by atoms with Gasteiger partial charge in [0.1, 0.15) is 6.61 Å². The molecule has 3 unspecified atom stereocenters. The second kappa shape index (κ2) is 5.02. The fourth-order valence-electron chi connectivity index (χ4n) is 7.41. The molecular formula is C20H28O6. The lowest BCUT2D eigenvalue weighted by atomic mass is 9.42. The third kappa shape index (κ3) is 1.71. The number of aliphatic hydroxyl groups excluding tert-OH is 1. The van der Waals surface area contributed by atoms with Crippen LogP contribution in [0.5, 0.6) is 0 Å². The molecule has 1 N–H and O–H groups in total. The number of cyclic esters (lactones) is 2. The van der Waals surface area contributed by atoms with Gasteiger partial charge in [-0.15, -0.1) is 0 Å². The Kier molecular flexibility index (Phi) is 3.28. The maximum absolute atomic E-state index is 12.7. The molecule has 0 amide bonds. The maximum Gasteiger partial charge on any atom is 0.338 e. The first kappa shape index (κ1) is 17.0. The lowest BCUT2D eigenvalue weighted by Crippen LogP contribution is -2.73. The van der Waals surface area contributed by atoms with Crippen LogP contribution < -0.4 is 0 Å². The second-order valence-corrected chi connectivity index (χ2v) is 9.56. The van der Waals surface area contributed by atoms with Crippen LogP contribution in [0.15, 0.2) is 0 Å². The molecule has 2 aliphatic carbocycles. The van der Waals surface area contributed by atoms with Gasteiger partial charge in [0.15, 0.2) is 5.60 Å². The molecule has 6 heteroatoms. The van der Waals surface area contributed by atoms with Crippen LogP contribution in [0.2, 0.25) is 0 Å². The van der Waals surface area contributed by atoms with Crippen molar-refractivity contribution < 1.29 is 28.9 Å². The number of ether oxygens (including phenoxy) is 3. The summed E-state index contributed by atoms with van der Waals surface area (Å²) in [6, 6.07) is 0. The van der Waals surface area contributed by atoms with E-state index in [0.29, 0.717) is 32.5 Å². The lowest BCUT2D eigenvalue weighted by molar-refractivity contribution is -0.302. The van der Waals surface area contributed by atoms with Crippen molar-refractivity contribution in [1.29, 1.82) is 0 Å². The summed E-state index contributed by atoms with van der Waals surface area (Å²) in [5, 5.41) is 11.1. The third-order valence-electron chi connectivity index (χ3n) is 8.54. The van der Waals surface area contributed by atoms with Crippen LogP contribution in [0.4, 0.5) is 0 Å². The molecule has 5 fully saturated rings. The first-order valence-electron chi connectivity index (χ1n) is 10.0. The first-order valence-corrected chi connectivity index (χ1v) is 10.0. The van der Waals surface area contributed by atoms with Gasteiger partial charge in [0.05, 0.1) is 23.7 Å². The molecule has 5 rings (SSSR count). The van der Waals surface area contributed by atoms with Gasteiger partial charge in [-0.1, -0.05) is 13.3 Å². The van der Waals surface area contributed by atoms with E-state index in [1.165, 1.54) is 0 Å². The molecule has 5 aliphatic rings. The van der Waals surface area contributed by atoms with Crippen LogP contribution >= 0.6 is 0 Å². The summed E-state index contributed by atoms with van der Waals surface area (Å²) in [5.41, 5.74) is -2.47. The standard InChI is InChI=1S/C20H28O6/c1-12-10-13(21)14-17(2)4-3-5-18(14,11-25-15(17)22)20(12)7-6-19(26-20)8-9-24-16(19)23/h12-14,21H,3-11H2,1-2H3/t12-,13?,14?,17-,18-,19?,20-/m1/s1. The van der Waals surface area contributed by atoms with Crippen molar-refractivity contribution in [1.82, 2.24) is 0 Å². The van der Waals surface area contributed by atoms with Crippen molar-refractivity contribution in [2.45, 2.75) is 76.1 Å². The van der Waals surface area contributed by atoms with Crippen molar-refractivity contribution in [2.75, 3.05) is 13.2 Å². The molecule has 3 aliphatic heterocycles. The Morgan fingerprint density at radius 1 is 1.04 bits per heavy atom. The minimum Gasteiger partial charge on any atom is -0.465 e. The van der Waals surface area contributed by atoms with E-state index in [1.54, 1.807) is 0 Å². The smallest absolute Gasteiger partial charge is 0.338 e. The fraction of sp³-hybridized carbons (Fsp3) is 0.900. The minimum absolute atomic E-state index is 0.0978. The number of hydrogen-bond acceptors (Lipinski definition) is 6. The number of aliphatic hydroxyl groups is 1. The molecule has 3 heterocycles. The Hall–Kier alpha value is -1.14. The molecule has 2 spiro atoms. The van der Waals surface area contributed by atoms with Gasteiger partial charge >= 0.3 is 11.9 Å². The van der Waals surface area contributed by atoms with E-state index in [4.69, 9.17) is 14.2 Å². The predicted molar refractivity (Wildman–Crippen MR) is 90.0 cm³/mol. The lowest BCUT2D eigenvalue weighted by Gasteiger charge is -2.67. The van der Waals surface area contributed by atoms with Gasteiger partial charge in [-0.05, 0) is 44.9 Å². The molecule has 2 bridgehead atoms. The molecule has 2 saturated carbocycles. The highest BCUT2D eigenvalue weighted by Crippen LogP contribution is 2.70. The summed E-state index contributed by atoms with van der Waals surface area (Å²) in [7, 11) is 0. The van der Waals surface area contributed by atoms with Gasteiger partial charge in [-0.3, -0.25) is 4.79 Å². The van der Waals surface area contributed by atoms with E-state index in [2.05, 4.69) is 6.92 Å². The Morgan fingerprint density at radius 2 is 1.85 bits per heavy atom. The SMILES string of the molecule is C[C@@H]1CC(O)C2[C@]3(CCC[C@@]2(C)C(=O)OC3)[C@@]12CCC1(CCOC1=O)O2. The summed E-state index contributed by atoms with van der Waals surface area (Å²) in [5.74, 6) is -0.504. The zero-order valence-electron chi connectivity index (χ0n) is 15.6. The Balaban J connectivity index is 1.64. The monoisotopic (exact) mass is 364 g/mol. The molecule has 0 aromatic rings. The number of carbonyl (C=O) groups excluding carboxylic acids is 2. The van der Waals surface area contributed by atoms with Crippen molar-refractivity contribution in [2.24, 2.45) is 22.7 Å². The average Bonchev–Trinajstić information content (AvgIpc) is 3.16. The van der Waals surface area contributed by atoms with Crippen molar-refractivity contribution in [3.05, 3.63) is 0 Å². The summed E-state index contributed by atoms with van der Waals surface area (Å²) >= 11 is 0. The van der Waals surface area contributed by atoms with Gasteiger partial charge in [-0.2, -0.15) is 0 Å². The zero-order chi connectivity index (χ0) is 18.4. The van der Waals surface area contributed by atoms with E-state index in [-0.39, 0.29) is 23.8 Å². The fourth-order valence-corrected chi connectivity index (χ4v) is 7.41. The molecule has 144 valence electrons. The average molecular weight is 364 g/mol. The molecular weight excluding hydrogens is 336 g/mol. The van der Waals surface area contributed by atoms with E-state index in [0.717, 1.165) is 25.7 Å². The van der Waals surface area contributed by atoms with Crippen LogP contribution in [0, 0.1) is 22.7 Å². The van der Waals surface area contributed by atoms with Gasteiger partial charge < -0.3 is 19.3 Å². The summed E-state index contributed by atoms with van der Waals surface area (Å²) in [6.45, 7) is 4.78. The highest BCUT2D eigenvalue weighted by Gasteiger charge is 2.76. The van der Waals surface area contributed by atoms with Gasteiger partial charge in [0, 0.05) is 17.8 Å². The largest absolute Gasteiger partial charge is 0.465 e. The van der Waals surface area contributed by atoms with Crippen LogP contribution in [0.1, 0.15) is 58.8 Å². The van der Waals surface area contributed by atoms with Crippen molar-refractivity contribution in [3.8, 4) is 0 Å². The Labute approximate surface area is 153 Å². The van der Waals surface area contributed by atoms with E-state index in [9.17, 15) is 14.7 Å². The van der Waals surface area contributed by atoms with Crippen LogP contribution in [0.3, 0.4) is 0 Å². The first-order chi connectivity index (χ1) is 12.3. The quantitative estimate of drug-likeness (QED) is 0.662. The molecule has 0 radical (unpaired) electrons. The zero-order valence-corrected chi connectivity index (χ0v) is 15.6. The maximum atomic E-state index is 12.7.